The Morgan fingerprint density at radius 3 is 2.46 bits per heavy atom. The van der Waals surface area contributed by atoms with Crippen molar-refractivity contribution in [2.24, 2.45) is 5.92 Å². The second-order valence-corrected chi connectivity index (χ2v) is 7.48. The Morgan fingerprint density at radius 2 is 1.82 bits per heavy atom. The number of aryl methyl sites for hydroxylation is 1. The van der Waals surface area contributed by atoms with E-state index in [0.29, 0.717) is 18.7 Å². The van der Waals surface area contributed by atoms with E-state index in [9.17, 15) is 14.0 Å². The smallest absolute Gasteiger partial charge is 0.253 e. The fourth-order valence-electron chi connectivity index (χ4n) is 3.66. The zero-order chi connectivity index (χ0) is 20.1. The molecular weight excluding hydrogens is 355 g/mol. The number of nitrogens with zero attached hydrogens (tertiary/aromatic N) is 1. The van der Waals surface area contributed by atoms with Gasteiger partial charge in [0.2, 0.25) is 5.91 Å². The summed E-state index contributed by atoms with van der Waals surface area (Å²) in [6.07, 6.45) is 2.36. The third kappa shape index (κ3) is 4.77. The minimum Gasteiger partial charge on any atom is -0.349 e. The number of amides is 2. The number of likely N-dealkylation sites (tertiary alicyclic amines) is 1. The van der Waals surface area contributed by atoms with Crippen LogP contribution in [-0.4, -0.2) is 29.8 Å². The highest BCUT2D eigenvalue weighted by Gasteiger charge is 2.30. The summed E-state index contributed by atoms with van der Waals surface area (Å²) in [6.45, 7) is 5.11. The van der Waals surface area contributed by atoms with Crippen molar-refractivity contribution < 1.29 is 14.0 Å². The maximum Gasteiger partial charge on any atom is 0.253 e. The Labute approximate surface area is 165 Å². The summed E-state index contributed by atoms with van der Waals surface area (Å²) in [5, 5.41) is 3.15. The van der Waals surface area contributed by atoms with Crippen molar-refractivity contribution >= 4 is 11.8 Å². The van der Waals surface area contributed by atoms with E-state index in [1.807, 2.05) is 19.1 Å². The first kappa shape index (κ1) is 20.1. The van der Waals surface area contributed by atoms with Crippen LogP contribution in [0.25, 0.3) is 0 Å². The van der Waals surface area contributed by atoms with E-state index in [-0.39, 0.29) is 29.6 Å². The fraction of sp³-hybridized carbons (Fsp3) is 0.391. The van der Waals surface area contributed by atoms with Gasteiger partial charge in [0.15, 0.2) is 0 Å². The molecule has 2 aromatic carbocycles. The normalized spacial score (nSPS) is 17.8. The van der Waals surface area contributed by atoms with Crippen LogP contribution in [0.3, 0.4) is 0 Å². The molecule has 1 saturated heterocycles. The van der Waals surface area contributed by atoms with Gasteiger partial charge in [-0.25, -0.2) is 4.39 Å². The molecule has 3 rings (SSSR count). The topological polar surface area (TPSA) is 49.4 Å². The van der Waals surface area contributed by atoms with E-state index >= 15 is 0 Å². The number of halogens is 1. The van der Waals surface area contributed by atoms with Gasteiger partial charge in [0, 0.05) is 18.7 Å². The Balaban J connectivity index is 1.64. The Morgan fingerprint density at radius 1 is 1.14 bits per heavy atom. The zero-order valence-electron chi connectivity index (χ0n) is 16.5. The molecule has 0 radical (unpaired) electrons. The molecule has 2 amide bonds. The molecule has 0 aliphatic carbocycles. The molecule has 1 aliphatic rings. The lowest BCUT2D eigenvalue weighted by atomic mass is 9.95. The van der Waals surface area contributed by atoms with Crippen molar-refractivity contribution in [1.29, 1.82) is 0 Å². The molecule has 1 heterocycles. The highest BCUT2D eigenvalue weighted by Crippen LogP contribution is 2.22. The number of carbonyl (C=O) groups excluding carboxylic acids is 2. The van der Waals surface area contributed by atoms with Crippen molar-refractivity contribution in [3.8, 4) is 0 Å². The van der Waals surface area contributed by atoms with Crippen LogP contribution in [0, 0.1) is 18.7 Å². The predicted octanol–water partition coefficient (Wildman–Crippen LogP) is 4.25. The highest BCUT2D eigenvalue weighted by atomic mass is 19.1. The lowest BCUT2D eigenvalue weighted by Crippen LogP contribution is -2.46. The molecular formula is C23H27FN2O2. The summed E-state index contributed by atoms with van der Waals surface area (Å²) in [5.74, 6) is -0.751. The van der Waals surface area contributed by atoms with Crippen LogP contribution in [-0.2, 0) is 4.79 Å². The van der Waals surface area contributed by atoms with Crippen molar-refractivity contribution in [3.63, 3.8) is 0 Å². The van der Waals surface area contributed by atoms with Crippen LogP contribution in [0.15, 0.2) is 48.5 Å². The SMILES string of the molecule is CCC(NC(=O)C1CCCN(C(=O)c2ccc(F)cc2)C1)c1ccc(C)cc1. The molecule has 1 N–H and O–H groups in total. The number of carbonyl (C=O) groups is 2. The van der Waals surface area contributed by atoms with Gasteiger partial charge in [-0.1, -0.05) is 36.8 Å². The first-order valence-corrected chi connectivity index (χ1v) is 9.89. The third-order valence-electron chi connectivity index (χ3n) is 5.38. The van der Waals surface area contributed by atoms with Crippen molar-refractivity contribution in [2.75, 3.05) is 13.1 Å². The maximum atomic E-state index is 13.1. The highest BCUT2D eigenvalue weighted by molar-refractivity contribution is 5.94. The van der Waals surface area contributed by atoms with E-state index in [0.717, 1.165) is 24.8 Å². The largest absolute Gasteiger partial charge is 0.349 e. The Hall–Kier alpha value is -2.69. The molecule has 2 aromatic rings. The Kier molecular flexibility index (Phi) is 6.45. The number of benzene rings is 2. The monoisotopic (exact) mass is 382 g/mol. The van der Waals surface area contributed by atoms with E-state index in [4.69, 9.17) is 0 Å². The van der Waals surface area contributed by atoms with Crippen LogP contribution >= 0.6 is 0 Å². The zero-order valence-corrected chi connectivity index (χ0v) is 16.5. The molecule has 1 fully saturated rings. The molecule has 2 atom stereocenters. The minimum absolute atomic E-state index is 0.0102. The lowest BCUT2D eigenvalue weighted by molar-refractivity contribution is -0.127. The van der Waals surface area contributed by atoms with Gasteiger partial charge in [-0.05, 0) is 56.0 Å². The van der Waals surface area contributed by atoms with Gasteiger partial charge in [0.25, 0.3) is 5.91 Å². The van der Waals surface area contributed by atoms with E-state index in [1.165, 1.54) is 29.8 Å². The molecule has 1 aliphatic heterocycles. The first-order valence-electron chi connectivity index (χ1n) is 9.89. The van der Waals surface area contributed by atoms with E-state index in [2.05, 4.69) is 24.4 Å². The predicted molar refractivity (Wildman–Crippen MR) is 107 cm³/mol. The van der Waals surface area contributed by atoms with Crippen LogP contribution in [0.2, 0.25) is 0 Å². The van der Waals surface area contributed by atoms with Gasteiger partial charge in [0.1, 0.15) is 5.82 Å². The summed E-state index contributed by atoms with van der Waals surface area (Å²) < 4.78 is 13.1. The molecule has 0 saturated carbocycles. The fourth-order valence-corrected chi connectivity index (χ4v) is 3.66. The summed E-state index contributed by atoms with van der Waals surface area (Å²) in [6, 6.07) is 13.7. The number of nitrogens with one attached hydrogen (secondary N) is 1. The van der Waals surface area contributed by atoms with Crippen LogP contribution in [0.1, 0.15) is 53.7 Å². The second-order valence-electron chi connectivity index (χ2n) is 7.48. The Bertz CT molecular complexity index is 818. The van der Waals surface area contributed by atoms with E-state index < -0.39 is 0 Å². The second kappa shape index (κ2) is 9.00. The molecule has 5 heteroatoms. The first-order chi connectivity index (χ1) is 13.5. The number of rotatable bonds is 5. The van der Waals surface area contributed by atoms with Gasteiger partial charge in [-0.2, -0.15) is 0 Å². The molecule has 0 aromatic heterocycles. The summed E-state index contributed by atoms with van der Waals surface area (Å²) in [5.41, 5.74) is 2.73. The van der Waals surface area contributed by atoms with Gasteiger partial charge < -0.3 is 10.2 Å². The molecule has 4 nitrogen and oxygen atoms in total. The van der Waals surface area contributed by atoms with E-state index in [1.54, 1.807) is 4.90 Å². The van der Waals surface area contributed by atoms with Gasteiger partial charge >= 0.3 is 0 Å². The number of piperidine rings is 1. The molecule has 28 heavy (non-hydrogen) atoms. The molecule has 0 spiro atoms. The van der Waals surface area contributed by atoms with Crippen LogP contribution in [0.4, 0.5) is 4.39 Å². The number of hydrogen-bond acceptors (Lipinski definition) is 2. The molecule has 2 unspecified atom stereocenters. The summed E-state index contributed by atoms with van der Waals surface area (Å²) in [7, 11) is 0. The van der Waals surface area contributed by atoms with Gasteiger partial charge in [-0.3, -0.25) is 9.59 Å². The quantitative estimate of drug-likeness (QED) is 0.840. The van der Waals surface area contributed by atoms with Crippen LogP contribution < -0.4 is 5.32 Å². The minimum atomic E-state index is -0.367. The van der Waals surface area contributed by atoms with Crippen molar-refractivity contribution in [1.82, 2.24) is 10.2 Å². The summed E-state index contributed by atoms with van der Waals surface area (Å²) in [4.78, 5) is 27.2. The molecule has 0 bridgehead atoms. The maximum absolute atomic E-state index is 13.1. The van der Waals surface area contributed by atoms with Crippen molar-refractivity contribution in [2.45, 2.75) is 39.2 Å². The van der Waals surface area contributed by atoms with Gasteiger partial charge in [0.05, 0.1) is 12.0 Å². The molecule has 148 valence electrons. The lowest BCUT2D eigenvalue weighted by Gasteiger charge is -2.33. The third-order valence-corrected chi connectivity index (χ3v) is 5.38. The number of hydrogen-bond donors (Lipinski definition) is 1. The van der Waals surface area contributed by atoms with Crippen LogP contribution in [0.5, 0.6) is 0 Å². The van der Waals surface area contributed by atoms with Gasteiger partial charge in [-0.15, -0.1) is 0 Å². The standard InChI is InChI=1S/C23H27FN2O2/c1-3-21(17-8-6-16(2)7-9-17)25-22(27)19-5-4-14-26(15-19)23(28)18-10-12-20(24)13-11-18/h6-13,19,21H,3-5,14-15H2,1-2H3,(H,25,27). The average molecular weight is 382 g/mol. The summed E-state index contributed by atoms with van der Waals surface area (Å²) >= 11 is 0. The average Bonchev–Trinajstić information content (AvgIpc) is 2.72. The van der Waals surface area contributed by atoms with Crippen molar-refractivity contribution in [3.05, 3.63) is 71.0 Å².